The van der Waals surface area contributed by atoms with E-state index in [1.54, 1.807) is 5.56 Å². The Morgan fingerprint density at radius 3 is 1.62 bits per heavy atom. The molecule has 1 aromatic rings. The Labute approximate surface area is 134 Å². The van der Waals surface area contributed by atoms with Crippen molar-refractivity contribution in [1.82, 2.24) is 0 Å². The number of rotatable bonds is 4. The number of unbranched alkanes of at least 4 members (excludes halogenated alkanes) is 2. The van der Waals surface area contributed by atoms with Gasteiger partial charge in [0, 0.05) is 0 Å². The van der Waals surface area contributed by atoms with Gasteiger partial charge < -0.3 is 4.79 Å². The standard InChI is InChI=1S/C13H20.C3H6O.2C2H6/c1-4-5-6-10-13-11(2)8-7-9-12(13)3;1-3(2)4;2*1-2/h7-9H,4-6,10H2,1-3H3;1-2H3;2*1-2H3. The molecule has 0 unspecified atom stereocenters. The van der Waals surface area contributed by atoms with E-state index in [1.165, 1.54) is 50.7 Å². The van der Waals surface area contributed by atoms with Crippen molar-refractivity contribution in [3.8, 4) is 0 Å². The molecule has 0 amide bonds. The Bertz CT molecular complexity index is 315. The van der Waals surface area contributed by atoms with Gasteiger partial charge in [-0.25, -0.2) is 0 Å². The monoisotopic (exact) mass is 294 g/mol. The van der Waals surface area contributed by atoms with E-state index in [4.69, 9.17) is 0 Å². The highest BCUT2D eigenvalue weighted by Gasteiger charge is 2.00. The van der Waals surface area contributed by atoms with Crippen molar-refractivity contribution in [2.75, 3.05) is 0 Å². The van der Waals surface area contributed by atoms with Crippen molar-refractivity contribution in [1.29, 1.82) is 0 Å². The van der Waals surface area contributed by atoms with Crippen LogP contribution in [0.3, 0.4) is 0 Å². The van der Waals surface area contributed by atoms with Gasteiger partial charge in [0.25, 0.3) is 0 Å². The molecular weight excluding hydrogens is 256 g/mol. The number of aryl methyl sites for hydroxylation is 2. The van der Waals surface area contributed by atoms with Crippen LogP contribution in [-0.2, 0) is 11.2 Å². The predicted molar refractivity (Wildman–Crippen MR) is 98.2 cm³/mol. The van der Waals surface area contributed by atoms with Gasteiger partial charge in [0.15, 0.2) is 0 Å². The van der Waals surface area contributed by atoms with Crippen LogP contribution in [0.4, 0.5) is 0 Å². The SMILES string of the molecule is CC.CC.CC(C)=O.CCCCCc1c(C)cccc1C. The minimum atomic E-state index is 0.167. The van der Waals surface area contributed by atoms with Crippen LogP contribution in [0.15, 0.2) is 18.2 Å². The van der Waals surface area contributed by atoms with Crippen LogP contribution < -0.4 is 0 Å². The minimum Gasteiger partial charge on any atom is -0.300 e. The van der Waals surface area contributed by atoms with Gasteiger partial charge >= 0.3 is 0 Å². The van der Waals surface area contributed by atoms with Crippen molar-refractivity contribution in [2.24, 2.45) is 0 Å². The number of carbonyl (C=O) groups is 1. The molecule has 0 heterocycles. The van der Waals surface area contributed by atoms with E-state index in [0.717, 1.165) is 0 Å². The van der Waals surface area contributed by atoms with Crippen molar-refractivity contribution in [3.05, 3.63) is 34.9 Å². The summed E-state index contributed by atoms with van der Waals surface area (Å²) in [6.45, 7) is 17.7. The topological polar surface area (TPSA) is 17.1 Å². The molecule has 0 N–H and O–H groups in total. The first-order valence-electron chi connectivity index (χ1n) is 8.51. The lowest BCUT2D eigenvalue weighted by atomic mass is 9.98. The second-order valence-corrected chi connectivity index (χ2v) is 4.74. The van der Waals surface area contributed by atoms with Crippen LogP contribution in [0.2, 0.25) is 0 Å². The molecule has 0 saturated carbocycles. The fourth-order valence-corrected chi connectivity index (χ4v) is 1.80. The second kappa shape index (κ2) is 18.9. The van der Waals surface area contributed by atoms with Gasteiger partial charge in [0.2, 0.25) is 0 Å². The largest absolute Gasteiger partial charge is 0.300 e. The minimum absolute atomic E-state index is 0.167. The third-order valence-corrected chi connectivity index (χ3v) is 2.67. The smallest absolute Gasteiger partial charge is 0.126 e. The molecule has 0 fully saturated rings. The van der Waals surface area contributed by atoms with Crippen molar-refractivity contribution in [2.45, 2.75) is 88.0 Å². The summed E-state index contributed by atoms with van der Waals surface area (Å²) in [6, 6.07) is 6.58. The van der Waals surface area contributed by atoms with Crippen LogP contribution in [0.1, 0.15) is 84.4 Å². The number of benzene rings is 1. The van der Waals surface area contributed by atoms with Gasteiger partial charge in [0.1, 0.15) is 5.78 Å². The fourth-order valence-electron chi connectivity index (χ4n) is 1.80. The molecule has 1 rings (SSSR count). The fraction of sp³-hybridized carbons (Fsp3) is 0.650. The summed E-state index contributed by atoms with van der Waals surface area (Å²) < 4.78 is 0. The molecule has 0 bridgehead atoms. The Hall–Kier alpha value is -1.11. The normalized spacial score (nSPS) is 8.24. The van der Waals surface area contributed by atoms with E-state index in [1.807, 2.05) is 27.7 Å². The van der Waals surface area contributed by atoms with Crippen LogP contribution in [0.25, 0.3) is 0 Å². The lowest BCUT2D eigenvalue weighted by Gasteiger charge is -2.08. The van der Waals surface area contributed by atoms with Gasteiger partial charge in [-0.15, -0.1) is 0 Å². The van der Waals surface area contributed by atoms with Gasteiger partial charge in [-0.3, -0.25) is 0 Å². The zero-order valence-electron chi connectivity index (χ0n) is 16.0. The van der Waals surface area contributed by atoms with Gasteiger partial charge in [-0.1, -0.05) is 65.7 Å². The zero-order valence-corrected chi connectivity index (χ0v) is 16.0. The molecule has 0 aromatic heterocycles. The average molecular weight is 295 g/mol. The van der Waals surface area contributed by atoms with Crippen molar-refractivity contribution in [3.63, 3.8) is 0 Å². The molecule has 0 radical (unpaired) electrons. The van der Waals surface area contributed by atoms with Crippen LogP contribution in [-0.4, -0.2) is 5.78 Å². The first-order valence-corrected chi connectivity index (χ1v) is 8.51. The summed E-state index contributed by atoms with van der Waals surface area (Å²) in [5.74, 6) is 0.167. The molecule has 0 aliphatic heterocycles. The highest BCUT2D eigenvalue weighted by molar-refractivity contribution is 5.72. The number of hydrogen-bond acceptors (Lipinski definition) is 1. The molecule has 21 heavy (non-hydrogen) atoms. The maximum Gasteiger partial charge on any atom is 0.126 e. The average Bonchev–Trinajstić information content (AvgIpc) is 2.46. The molecule has 0 spiro atoms. The Morgan fingerprint density at radius 2 is 1.29 bits per heavy atom. The number of ketones is 1. The summed E-state index contributed by atoms with van der Waals surface area (Å²) in [6.07, 6.45) is 5.26. The van der Waals surface area contributed by atoms with Crippen LogP contribution >= 0.6 is 0 Å². The summed E-state index contributed by atoms with van der Waals surface area (Å²) >= 11 is 0. The molecular formula is C20H38O. The van der Waals surface area contributed by atoms with E-state index in [0.29, 0.717) is 0 Å². The Kier molecular flexibility index (Phi) is 22.4. The summed E-state index contributed by atoms with van der Waals surface area (Å²) in [5.41, 5.74) is 4.48. The van der Waals surface area contributed by atoms with Gasteiger partial charge in [0.05, 0.1) is 0 Å². The molecule has 0 saturated heterocycles. The molecule has 0 aliphatic rings. The van der Waals surface area contributed by atoms with Crippen molar-refractivity contribution >= 4 is 5.78 Å². The van der Waals surface area contributed by atoms with E-state index in [2.05, 4.69) is 39.0 Å². The number of carbonyl (C=O) groups excluding carboxylic acids is 1. The molecule has 0 aliphatic carbocycles. The summed E-state index contributed by atoms with van der Waals surface area (Å²) in [7, 11) is 0. The maximum absolute atomic E-state index is 9.44. The van der Waals surface area contributed by atoms with Gasteiger partial charge in [-0.05, 0) is 57.2 Å². The van der Waals surface area contributed by atoms with E-state index in [9.17, 15) is 4.79 Å². The molecule has 124 valence electrons. The predicted octanol–water partition coefficient (Wildman–Crippen LogP) is 6.68. The quantitative estimate of drug-likeness (QED) is 0.566. The van der Waals surface area contributed by atoms with Crippen LogP contribution in [0, 0.1) is 13.8 Å². The summed E-state index contributed by atoms with van der Waals surface area (Å²) in [4.78, 5) is 9.44. The zero-order chi connectivity index (χ0) is 17.3. The maximum atomic E-state index is 9.44. The third kappa shape index (κ3) is 16.8. The number of hydrogen-bond donors (Lipinski definition) is 0. The van der Waals surface area contributed by atoms with E-state index < -0.39 is 0 Å². The molecule has 1 aromatic carbocycles. The number of Topliss-reactive ketones (excluding diaryl/α,β-unsaturated/α-hetero) is 1. The molecule has 1 heteroatoms. The highest BCUT2D eigenvalue weighted by atomic mass is 16.1. The first-order chi connectivity index (χ1) is 9.99. The lowest BCUT2D eigenvalue weighted by Crippen LogP contribution is -1.93. The molecule has 0 atom stereocenters. The molecule has 1 nitrogen and oxygen atoms in total. The second-order valence-electron chi connectivity index (χ2n) is 4.74. The summed E-state index contributed by atoms with van der Waals surface area (Å²) in [5, 5.41) is 0. The van der Waals surface area contributed by atoms with Gasteiger partial charge in [-0.2, -0.15) is 0 Å². The third-order valence-electron chi connectivity index (χ3n) is 2.67. The Morgan fingerprint density at radius 1 is 0.905 bits per heavy atom. The first kappa shape index (κ1) is 24.9. The lowest BCUT2D eigenvalue weighted by molar-refractivity contribution is -0.114. The Balaban J connectivity index is -0.000000343. The highest BCUT2D eigenvalue weighted by Crippen LogP contribution is 2.16. The van der Waals surface area contributed by atoms with Crippen molar-refractivity contribution < 1.29 is 4.79 Å². The van der Waals surface area contributed by atoms with E-state index >= 15 is 0 Å². The van der Waals surface area contributed by atoms with Crippen LogP contribution in [0.5, 0.6) is 0 Å². The van der Waals surface area contributed by atoms with E-state index in [-0.39, 0.29) is 5.78 Å².